The monoisotopic (exact) mass is 253 g/mol. The van der Waals surface area contributed by atoms with Crippen molar-refractivity contribution >= 4 is 5.82 Å². The van der Waals surface area contributed by atoms with Gasteiger partial charge < -0.3 is 9.64 Å². The van der Waals surface area contributed by atoms with Crippen molar-refractivity contribution in [3.8, 4) is 5.75 Å². The Morgan fingerprint density at radius 3 is 3.11 bits per heavy atom. The fourth-order valence-electron chi connectivity index (χ4n) is 2.79. The molecule has 0 amide bonds. The zero-order valence-corrected chi connectivity index (χ0v) is 10.5. The van der Waals surface area contributed by atoms with Crippen LogP contribution >= 0.6 is 0 Å². The second kappa shape index (κ2) is 4.16. The number of hydrogen-bond acceptors (Lipinski definition) is 3. The van der Waals surface area contributed by atoms with Crippen molar-refractivity contribution in [3.05, 3.63) is 53.9 Å². The minimum Gasteiger partial charge on any atom is -0.485 e. The molecule has 2 aromatic rings. The summed E-state index contributed by atoms with van der Waals surface area (Å²) in [6.45, 7) is 1.01. The van der Waals surface area contributed by atoms with Crippen LogP contribution in [0.1, 0.15) is 23.7 Å². The third kappa shape index (κ3) is 1.71. The van der Waals surface area contributed by atoms with Gasteiger partial charge in [-0.3, -0.25) is 5.10 Å². The number of anilines is 1. The van der Waals surface area contributed by atoms with Gasteiger partial charge in [0.15, 0.2) is 0 Å². The minimum absolute atomic E-state index is 0.0696. The predicted molar refractivity (Wildman–Crippen MR) is 73.2 cm³/mol. The van der Waals surface area contributed by atoms with Crippen molar-refractivity contribution in [2.45, 2.75) is 18.9 Å². The molecule has 2 aliphatic heterocycles. The minimum atomic E-state index is 0.0696. The molecule has 1 atom stereocenters. The van der Waals surface area contributed by atoms with Crippen LogP contribution < -0.4 is 9.64 Å². The van der Waals surface area contributed by atoms with Crippen molar-refractivity contribution in [1.29, 1.82) is 0 Å². The highest BCUT2D eigenvalue weighted by atomic mass is 16.5. The van der Waals surface area contributed by atoms with Gasteiger partial charge in [0, 0.05) is 19.2 Å². The summed E-state index contributed by atoms with van der Waals surface area (Å²) in [4.78, 5) is 2.20. The number of aromatic nitrogens is 2. The number of aromatic amines is 1. The fourth-order valence-corrected chi connectivity index (χ4v) is 2.79. The molecule has 0 saturated carbocycles. The summed E-state index contributed by atoms with van der Waals surface area (Å²) >= 11 is 0. The Bertz CT molecular complexity index is 607. The maximum Gasteiger partial charge on any atom is 0.135 e. The van der Waals surface area contributed by atoms with Gasteiger partial charge >= 0.3 is 0 Å². The number of hydrogen-bond donors (Lipinski definition) is 1. The SMILES string of the molecule is C1=CN(c2[nH]ncc2C2Cc3ccccc3O2)CC1. The van der Waals surface area contributed by atoms with E-state index in [4.69, 9.17) is 4.74 Å². The van der Waals surface area contributed by atoms with Crippen LogP contribution in [0.5, 0.6) is 5.75 Å². The molecular weight excluding hydrogens is 238 g/mol. The number of rotatable bonds is 2. The van der Waals surface area contributed by atoms with Crippen LogP contribution in [0.3, 0.4) is 0 Å². The Hall–Kier alpha value is -2.23. The van der Waals surface area contributed by atoms with Crippen molar-refractivity contribution in [1.82, 2.24) is 10.2 Å². The quantitative estimate of drug-likeness (QED) is 0.894. The molecule has 0 saturated heterocycles. The fraction of sp³-hybridized carbons (Fsp3) is 0.267. The van der Waals surface area contributed by atoms with E-state index >= 15 is 0 Å². The van der Waals surface area contributed by atoms with Gasteiger partial charge in [-0.1, -0.05) is 24.3 Å². The van der Waals surface area contributed by atoms with E-state index in [1.54, 1.807) is 0 Å². The van der Waals surface area contributed by atoms with Crippen LogP contribution in [0.15, 0.2) is 42.7 Å². The molecule has 1 unspecified atom stereocenters. The summed E-state index contributed by atoms with van der Waals surface area (Å²) < 4.78 is 6.04. The van der Waals surface area contributed by atoms with E-state index in [-0.39, 0.29) is 6.10 Å². The Morgan fingerprint density at radius 1 is 1.32 bits per heavy atom. The van der Waals surface area contributed by atoms with Gasteiger partial charge in [0.2, 0.25) is 0 Å². The molecule has 1 aromatic heterocycles. The van der Waals surface area contributed by atoms with Gasteiger partial charge in [0.05, 0.1) is 11.8 Å². The number of fused-ring (bicyclic) bond motifs is 1. The molecule has 4 nitrogen and oxygen atoms in total. The Kier molecular flexibility index (Phi) is 2.33. The van der Waals surface area contributed by atoms with E-state index in [0.717, 1.165) is 36.5 Å². The molecule has 0 bridgehead atoms. The zero-order chi connectivity index (χ0) is 12.7. The largest absolute Gasteiger partial charge is 0.485 e. The summed E-state index contributed by atoms with van der Waals surface area (Å²) in [6, 6.07) is 8.24. The van der Waals surface area contributed by atoms with Gasteiger partial charge in [-0.15, -0.1) is 0 Å². The molecule has 96 valence electrons. The molecule has 19 heavy (non-hydrogen) atoms. The van der Waals surface area contributed by atoms with E-state index in [9.17, 15) is 0 Å². The number of H-pyrrole nitrogens is 1. The molecule has 0 radical (unpaired) electrons. The maximum absolute atomic E-state index is 6.04. The Morgan fingerprint density at radius 2 is 2.26 bits per heavy atom. The number of para-hydroxylation sites is 1. The standard InChI is InChI=1S/C15H15N3O/c1-2-6-13-11(5-1)9-14(19-13)12-10-16-17-15(12)18-7-3-4-8-18/h1-3,5-7,10,14H,4,8-9H2,(H,16,17). The third-order valence-electron chi connectivity index (χ3n) is 3.75. The highest BCUT2D eigenvalue weighted by molar-refractivity contribution is 5.53. The summed E-state index contributed by atoms with van der Waals surface area (Å²) in [7, 11) is 0. The van der Waals surface area contributed by atoms with Gasteiger partial charge in [-0.05, 0) is 18.1 Å². The Labute approximate surface area is 111 Å². The first kappa shape index (κ1) is 10.7. The first-order chi connectivity index (χ1) is 9.42. The predicted octanol–water partition coefficient (Wildman–Crippen LogP) is 2.81. The molecule has 4 heteroatoms. The highest BCUT2D eigenvalue weighted by Gasteiger charge is 2.28. The van der Waals surface area contributed by atoms with E-state index in [1.807, 2.05) is 18.3 Å². The topological polar surface area (TPSA) is 41.2 Å². The van der Waals surface area contributed by atoms with Crippen LogP contribution in [-0.4, -0.2) is 16.7 Å². The highest BCUT2D eigenvalue weighted by Crippen LogP contribution is 2.39. The van der Waals surface area contributed by atoms with Crippen LogP contribution in [0, 0.1) is 0 Å². The smallest absolute Gasteiger partial charge is 0.135 e. The van der Waals surface area contributed by atoms with E-state index in [2.05, 4.69) is 39.5 Å². The van der Waals surface area contributed by atoms with Crippen molar-refractivity contribution in [2.24, 2.45) is 0 Å². The third-order valence-corrected chi connectivity index (χ3v) is 3.75. The normalized spacial score (nSPS) is 20.6. The van der Waals surface area contributed by atoms with Gasteiger partial charge in [0.1, 0.15) is 17.7 Å². The molecule has 1 N–H and O–H groups in total. The molecule has 0 fully saturated rings. The molecule has 0 spiro atoms. The zero-order valence-electron chi connectivity index (χ0n) is 10.5. The molecule has 3 heterocycles. The summed E-state index contributed by atoms with van der Waals surface area (Å²) in [5.74, 6) is 2.06. The average molecular weight is 253 g/mol. The second-order valence-corrected chi connectivity index (χ2v) is 4.96. The summed E-state index contributed by atoms with van der Waals surface area (Å²) in [5.41, 5.74) is 2.42. The molecule has 4 rings (SSSR count). The van der Waals surface area contributed by atoms with Crippen molar-refractivity contribution < 1.29 is 4.74 Å². The van der Waals surface area contributed by atoms with Gasteiger partial charge in [-0.2, -0.15) is 5.10 Å². The summed E-state index contributed by atoms with van der Waals surface area (Å²) in [6.07, 6.45) is 8.25. The molecule has 1 aromatic carbocycles. The van der Waals surface area contributed by atoms with E-state index in [1.165, 1.54) is 5.56 Å². The van der Waals surface area contributed by atoms with E-state index in [0.29, 0.717) is 0 Å². The van der Waals surface area contributed by atoms with Crippen LogP contribution in [0.25, 0.3) is 0 Å². The van der Waals surface area contributed by atoms with Gasteiger partial charge in [-0.25, -0.2) is 0 Å². The Balaban J connectivity index is 1.65. The molecular formula is C15H15N3O. The average Bonchev–Trinajstić information content (AvgIpc) is 3.17. The van der Waals surface area contributed by atoms with Crippen LogP contribution in [0.4, 0.5) is 5.82 Å². The van der Waals surface area contributed by atoms with E-state index < -0.39 is 0 Å². The maximum atomic E-state index is 6.04. The molecule has 0 aliphatic carbocycles. The number of ether oxygens (including phenoxy) is 1. The lowest BCUT2D eigenvalue weighted by Gasteiger charge is -2.18. The number of nitrogens with zero attached hydrogens (tertiary/aromatic N) is 2. The lowest BCUT2D eigenvalue weighted by Crippen LogP contribution is -2.16. The first-order valence-electron chi connectivity index (χ1n) is 6.63. The van der Waals surface area contributed by atoms with Crippen molar-refractivity contribution in [3.63, 3.8) is 0 Å². The van der Waals surface area contributed by atoms with Gasteiger partial charge in [0.25, 0.3) is 0 Å². The lowest BCUT2D eigenvalue weighted by atomic mass is 10.1. The second-order valence-electron chi connectivity index (χ2n) is 4.96. The number of nitrogens with one attached hydrogen (secondary N) is 1. The van der Waals surface area contributed by atoms with Crippen molar-refractivity contribution in [2.75, 3.05) is 11.4 Å². The number of benzene rings is 1. The first-order valence-corrected chi connectivity index (χ1v) is 6.63. The lowest BCUT2D eigenvalue weighted by molar-refractivity contribution is 0.239. The molecule has 2 aliphatic rings. The summed E-state index contributed by atoms with van der Waals surface area (Å²) in [5, 5.41) is 7.29. The van der Waals surface area contributed by atoms with Crippen LogP contribution in [-0.2, 0) is 6.42 Å². The van der Waals surface area contributed by atoms with Crippen LogP contribution in [0.2, 0.25) is 0 Å².